The van der Waals surface area contributed by atoms with Gasteiger partial charge in [0.1, 0.15) is 11.4 Å². The summed E-state index contributed by atoms with van der Waals surface area (Å²) < 4.78 is 0. The van der Waals surface area contributed by atoms with Gasteiger partial charge >= 0.3 is 59.1 Å². The predicted molar refractivity (Wildman–Crippen MR) is 29.8 cm³/mol. The maximum absolute atomic E-state index is 8.03. The fourth-order valence-electron chi connectivity index (χ4n) is 0.145. The molecule has 10 heavy (non-hydrogen) atoms. The quantitative estimate of drug-likeness (QED) is 0.175. The monoisotopic (exact) mass is 162 g/mol. The zero-order valence-corrected chi connectivity index (χ0v) is 10.8. The molecule has 0 atom stereocenters. The summed E-state index contributed by atoms with van der Waals surface area (Å²) in [5, 5.41) is 21.6. The Morgan fingerprint density at radius 2 is 1.10 bits per heavy atom. The molecule has 0 radical (unpaired) electrons. The maximum Gasteiger partial charge on any atom is 1.00 e. The average Bonchev–Trinajstić information content (AvgIpc) is 1.84. The Balaban J connectivity index is -0.000000245. The minimum Gasteiger partial charge on any atom is -0.411 e. The molecular weight excluding hydrogens is 154 g/mol. The first kappa shape index (κ1) is 17.1. The van der Waals surface area contributed by atoms with E-state index in [1.165, 1.54) is 13.8 Å². The Labute approximate surface area is 104 Å². The number of rotatable bonds is 1. The van der Waals surface area contributed by atoms with E-state index in [1.807, 2.05) is 0 Å². The second kappa shape index (κ2) is 9.94. The number of hydrogen-bond acceptors (Lipinski definition) is 4. The molecule has 0 aliphatic carbocycles. The van der Waals surface area contributed by atoms with Crippen LogP contribution in [-0.4, -0.2) is 21.8 Å². The maximum atomic E-state index is 8.03. The Morgan fingerprint density at radius 3 is 1.20 bits per heavy atom. The van der Waals surface area contributed by atoms with E-state index in [9.17, 15) is 0 Å². The Bertz CT molecular complexity index is 119. The molecule has 46 valence electrons. The van der Waals surface area contributed by atoms with Crippen LogP contribution in [0.5, 0.6) is 0 Å². The molecule has 0 aliphatic heterocycles. The van der Waals surface area contributed by atoms with Crippen LogP contribution in [0.3, 0.4) is 0 Å². The average molecular weight is 162 g/mol. The number of oxime groups is 2. The van der Waals surface area contributed by atoms with Gasteiger partial charge in [-0.1, -0.05) is 10.3 Å². The third-order valence-electron chi connectivity index (χ3n) is 0.824. The molecule has 0 saturated heterocycles. The molecule has 0 aromatic heterocycles. The largest absolute Gasteiger partial charge is 1.00 e. The van der Waals surface area contributed by atoms with Crippen molar-refractivity contribution in [3.8, 4) is 0 Å². The van der Waals surface area contributed by atoms with Crippen LogP contribution in [0.2, 0.25) is 0 Å². The van der Waals surface area contributed by atoms with Gasteiger partial charge in [-0.05, 0) is 13.8 Å². The Hall–Kier alpha value is 0.940. The van der Waals surface area contributed by atoms with Crippen LogP contribution in [0.15, 0.2) is 10.3 Å². The van der Waals surface area contributed by atoms with Crippen molar-refractivity contribution < 1.29 is 69.5 Å². The van der Waals surface area contributed by atoms with Crippen molar-refractivity contribution in [2.45, 2.75) is 13.8 Å². The minimum atomic E-state index is 0. The summed E-state index contributed by atoms with van der Waals surface area (Å²) in [4.78, 5) is 0. The molecule has 0 aromatic carbocycles. The van der Waals surface area contributed by atoms with Crippen LogP contribution >= 0.6 is 0 Å². The molecule has 2 N–H and O–H groups in total. The van der Waals surface area contributed by atoms with Gasteiger partial charge in [-0.15, -0.1) is 0 Å². The zero-order valence-electron chi connectivity index (χ0n) is 6.79. The molecule has 0 amide bonds. The van der Waals surface area contributed by atoms with Crippen LogP contribution < -0.4 is 59.1 Å². The topological polar surface area (TPSA) is 65.2 Å². The molecule has 0 saturated carbocycles. The first-order valence-corrected chi connectivity index (χ1v) is 2.10. The van der Waals surface area contributed by atoms with Crippen molar-refractivity contribution in [1.29, 1.82) is 0 Å². The van der Waals surface area contributed by atoms with E-state index in [0.29, 0.717) is 11.4 Å². The summed E-state index contributed by atoms with van der Waals surface area (Å²) in [6, 6.07) is 0. The van der Waals surface area contributed by atoms with Crippen molar-refractivity contribution in [3.63, 3.8) is 0 Å². The molecule has 0 heterocycles. The molecule has 0 aromatic rings. The zero-order chi connectivity index (χ0) is 6.57. The van der Waals surface area contributed by atoms with Gasteiger partial charge in [0.2, 0.25) is 0 Å². The van der Waals surface area contributed by atoms with E-state index < -0.39 is 0 Å². The molecule has 6 heteroatoms. The first-order chi connectivity index (χ1) is 3.72. The summed E-state index contributed by atoms with van der Waals surface area (Å²) in [7, 11) is 0. The van der Waals surface area contributed by atoms with Gasteiger partial charge in [0.25, 0.3) is 0 Å². The van der Waals surface area contributed by atoms with Gasteiger partial charge < -0.3 is 10.4 Å². The molecule has 0 aliphatic rings. The Morgan fingerprint density at radius 1 is 0.900 bits per heavy atom. The van der Waals surface area contributed by atoms with E-state index in [1.54, 1.807) is 0 Å². The Kier molecular flexibility index (Phi) is 17.0. The second-order valence-electron chi connectivity index (χ2n) is 1.37. The molecular formula is C4H8N2Na2O2+2. The van der Waals surface area contributed by atoms with Crippen molar-refractivity contribution >= 4 is 11.4 Å². The van der Waals surface area contributed by atoms with Crippen molar-refractivity contribution in [2.24, 2.45) is 10.3 Å². The van der Waals surface area contributed by atoms with Crippen LogP contribution in [0.1, 0.15) is 13.8 Å². The third kappa shape index (κ3) is 7.05. The van der Waals surface area contributed by atoms with Gasteiger partial charge in [0.05, 0.1) is 0 Å². The van der Waals surface area contributed by atoms with E-state index in [2.05, 4.69) is 10.3 Å². The minimum absolute atomic E-state index is 0. The third-order valence-corrected chi connectivity index (χ3v) is 0.824. The SMILES string of the molecule is CC(=N\O)/C(C)=N/O.[Na+].[Na+]. The molecule has 0 fully saturated rings. The molecule has 0 bridgehead atoms. The van der Waals surface area contributed by atoms with Gasteiger partial charge in [-0.2, -0.15) is 0 Å². The van der Waals surface area contributed by atoms with Crippen LogP contribution in [0.4, 0.5) is 0 Å². The van der Waals surface area contributed by atoms with Crippen molar-refractivity contribution in [2.75, 3.05) is 0 Å². The fourth-order valence-corrected chi connectivity index (χ4v) is 0.145. The second-order valence-corrected chi connectivity index (χ2v) is 1.37. The van der Waals surface area contributed by atoms with E-state index in [4.69, 9.17) is 10.4 Å². The summed E-state index contributed by atoms with van der Waals surface area (Å²) in [5.41, 5.74) is 0.625. The van der Waals surface area contributed by atoms with Gasteiger partial charge in [-0.3, -0.25) is 0 Å². The fraction of sp³-hybridized carbons (Fsp3) is 0.500. The van der Waals surface area contributed by atoms with Crippen molar-refractivity contribution in [1.82, 2.24) is 0 Å². The van der Waals surface area contributed by atoms with Gasteiger partial charge in [0.15, 0.2) is 0 Å². The van der Waals surface area contributed by atoms with Crippen LogP contribution in [0, 0.1) is 0 Å². The van der Waals surface area contributed by atoms with Gasteiger partial charge in [-0.25, -0.2) is 0 Å². The summed E-state index contributed by atoms with van der Waals surface area (Å²) >= 11 is 0. The molecule has 0 spiro atoms. The first-order valence-electron chi connectivity index (χ1n) is 2.10. The standard InChI is InChI=1S/C4H8N2O2.2Na/c1-3(5-7)4(2)6-8;;/h7-8H,1-2H3;;/q;2*+1/b5-3+,6-4+;;. The summed E-state index contributed by atoms with van der Waals surface area (Å²) in [6.07, 6.45) is 0. The van der Waals surface area contributed by atoms with E-state index >= 15 is 0 Å². The van der Waals surface area contributed by atoms with Gasteiger partial charge in [0, 0.05) is 0 Å². The van der Waals surface area contributed by atoms with Crippen LogP contribution in [-0.2, 0) is 0 Å². The molecule has 0 rings (SSSR count). The molecule has 4 nitrogen and oxygen atoms in total. The van der Waals surface area contributed by atoms with E-state index in [-0.39, 0.29) is 59.1 Å². The smallest absolute Gasteiger partial charge is 0.411 e. The summed E-state index contributed by atoms with van der Waals surface area (Å²) in [5.74, 6) is 0. The van der Waals surface area contributed by atoms with Crippen LogP contribution in [0.25, 0.3) is 0 Å². The summed E-state index contributed by atoms with van der Waals surface area (Å²) in [6.45, 7) is 3.07. The molecule has 0 unspecified atom stereocenters. The number of hydrogen-bond donors (Lipinski definition) is 2. The predicted octanol–water partition coefficient (Wildman–Crippen LogP) is -5.31. The normalized spacial score (nSPS) is 11.4. The number of nitrogens with zero attached hydrogens (tertiary/aromatic N) is 2. The van der Waals surface area contributed by atoms with E-state index in [0.717, 1.165) is 0 Å². The van der Waals surface area contributed by atoms with Crippen molar-refractivity contribution in [3.05, 3.63) is 0 Å².